The van der Waals surface area contributed by atoms with E-state index < -0.39 is 11.4 Å². The van der Waals surface area contributed by atoms with Gasteiger partial charge in [0.2, 0.25) is 0 Å². The molecule has 5 nitrogen and oxygen atoms in total. The Bertz CT molecular complexity index is 1250. The number of nitrogens with zero attached hydrogens (tertiary/aromatic N) is 2. The highest BCUT2D eigenvalue weighted by atomic mass is 79.9. The molecule has 5 rings (SSSR count). The van der Waals surface area contributed by atoms with Crippen LogP contribution in [0.5, 0.6) is 0 Å². The van der Waals surface area contributed by atoms with Crippen LogP contribution in [0, 0.1) is 0 Å². The zero-order valence-electron chi connectivity index (χ0n) is 17.1. The number of amides is 2. The Morgan fingerprint density at radius 3 is 2.45 bits per heavy atom. The lowest BCUT2D eigenvalue weighted by molar-refractivity contribution is -0.115. The number of benzene rings is 2. The number of amidine groups is 1. The summed E-state index contributed by atoms with van der Waals surface area (Å²) in [5.41, 5.74) is 9.07. The van der Waals surface area contributed by atoms with Gasteiger partial charge in [-0.3, -0.25) is 9.59 Å². The van der Waals surface area contributed by atoms with Crippen molar-refractivity contribution in [2.75, 3.05) is 4.90 Å². The van der Waals surface area contributed by atoms with Crippen LogP contribution in [-0.2, 0) is 15.0 Å². The largest absolute Gasteiger partial charge is 0.378 e. The van der Waals surface area contributed by atoms with Gasteiger partial charge in [-0.25, -0.2) is 0 Å². The molecule has 2 N–H and O–H groups in total. The van der Waals surface area contributed by atoms with Crippen LogP contribution in [-0.4, -0.2) is 22.5 Å². The van der Waals surface area contributed by atoms with Crippen molar-refractivity contribution in [1.29, 1.82) is 0 Å². The molecule has 2 aromatic rings. The number of hydrogen-bond donors (Lipinski definition) is 1. The van der Waals surface area contributed by atoms with Crippen LogP contribution >= 0.6 is 39.3 Å². The summed E-state index contributed by atoms with van der Waals surface area (Å²) in [7, 11) is 0. The average molecular weight is 517 g/mol. The minimum atomic E-state index is -0.484. The highest BCUT2D eigenvalue weighted by Crippen LogP contribution is 2.58. The first-order chi connectivity index (χ1) is 14.5. The van der Waals surface area contributed by atoms with Crippen molar-refractivity contribution in [3.8, 4) is 0 Å². The number of hydrogen-bond acceptors (Lipinski definition) is 4. The van der Waals surface area contributed by atoms with E-state index in [1.807, 2.05) is 35.2 Å². The van der Waals surface area contributed by atoms with Gasteiger partial charge < -0.3 is 10.6 Å². The maximum Gasteiger partial charge on any atom is 0.287 e. The molecule has 0 fully saturated rings. The second-order valence-corrected chi connectivity index (χ2v) is 11.3. The van der Waals surface area contributed by atoms with Gasteiger partial charge in [0.1, 0.15) is 0 Å². The smallest absolute Gasteiger partial charge is 0.287 e. The van der Waals surface area contributed by atoms with Crippen LogP contribution in [0.15, 0.2) is 50.8 Å². The summed E-state index contributed by atoms with van der Waals surface area (Å²) in [6.45, 7) is 6.33. The third kappa shape index (κ3) is 2.93. The number of anilines is 1. The van der Waals surface area contributed by atoms with Crippen LogP contribution in [0.25, 0.3) is 5.57 Å². The van der Waals surface area contributed by atoms with Gasteiger partial charge in [0.15, 0.2) is 5.17 Å². The van der Waals surface area contributed by atoms with Crippen molar-refractivity contribution in [2.24, 2.45) is 10.7 Å². The molecule has 0 saturated carbocycles. The van der Waals surface area contributed by atoms with E-state index in [0.29, 0.717) is 21.9 Å². The topological polar surface area (TPSA) is 75.8 Å². The molecule has 1 unspecified atom stereocenters. The first kappa shape index (κ1) is 20.8. The lowest BCUT2D eigenvalue weighted by atomic mass is 9.65. The van der Waals surface area contributed by atoms with Gasteiger partial charge in [0.25, 0.3) is 11.8 Å². The van der Waals surface area contributed by atoms with E-state index in [2.05, 4.69) is 47.8 Å². The standard InChI is InChI=1S/C23H19BrClN3O2S/c1-22(2)10-23(3,11-4-6-13(25)7-5-11)15-9-12(24)8-14-16(20(30)28(22)17(14)15)18-19(29)27-21(26)31-18/h4-9H,10H2,1-3H3,(H2,26,27,29)/b18-16+. The molecular formula is C23H19BrClN3O2S. The fourth-order valence-corrected chi connectivity index (χ4v) is 6.53. The molecule has 31 heavy (non-hydrogen) atoms. The summed E-state index contributed by atoms with van der Waals surface area (Å²) in [6, 6.07) is 11.9. The second-order valence-electron chi connectivity index (χ2n) is 8.88. The Balaban J connectivity index is 1.83. The Morgan fingerprint density at radius 2 is 1.84 bits per heavy atom. The van der Waals surface area contributed by atoms with E-state index in [-0.39, 0.29) is 16.5 Å². The summed E-state index contributed by atoms with van der Waals surface area (Å²) in [5, 5.41) is 0.843. The molecule has 0 saturated heterocycles. The zero-order chi connectivity index (χ0) is 22.3. The van der Waals surface area contributed by atoms with Gasteiger partial charge in [0, 0.05) is 26.0 Å². The molecule has 0 spiro atoms. The molecule has 3 aliphatic rings. The number of nitrogens with two attached hydrogens (primary N) is 1. The van der Waals surface area contributed by atoms with Crippen LogP contribution in [0.2, 0.25) is 5.02 Å². The van der Waals surface area contributed by atoms with Crippen LogP contribution in [0.4, 0.5) is 5.69 Å². The van der Waals surface area contributed by atoms with E-state index in [9.17, 15) is 9.59 Å². The molecule has 3 heterocycles. The molecule has 8 heteroatoms. The monoisotopic (exact) mass is 515 g/mol. The summed E-state index contributed by atoms with van der Waals surface area (Å²) in [6.07, 6.45) is 0.707. The third-order valence-electron chi connectivity index (χ3n) is 6.29. The molecule has 0 radical (unpaired) electrons. The van der Waals surface area contributed by atoms with Gasteiger partial charge in [-0.15, -0.1) is 0 Å². The molecule has 0 aromatic heterocycles. The lowest BCUT2D eigenvalue weighted by Crippen LogP contribution is -2.54. The molecule has 1 atom stereocenters. The van der Waals surface area contributed by atoms with Crippen LogP contribution < -0.4 is 10.6 Å². The summed E-state index contributed by atoms with van der Waals surface area (Å²) in [4.78, 5) is 32.2. The van der Waals surface area contributed by atoms with Crippen LogP contribution in [0.1, 0.15) is 43.9 Å². The number of carbonyl (C=O) groups is 2. The molecule has 2 amide bonds. The summed E-state index contributed by atoms with van der Waals surface area (Å²) < 4.78 is 0.846. The zero-order valence-corrected chi connectivity index (χ0v) is 20.3. The van der Waals surface area contributed by atoms with E-state index in [1.54, 1.807) is 0 Å². The Kier molecular flexibility index (Phi) is 4.50. The molecular weight excluding hydrogens is 498 g/mol. The maximum atomic E-state index is 13.7. The van der Waals surface area contributed by atoms with Crippen molar-refractivity contribution in [1.82, 2.24) is 0 Å². The second kappa shape index (κ2) is 6.70. The number of thioether (sulfide) groups is 1. The molecule has 0 bridgehead atoms. The molecule has 3 aliphatic heterocycles. The quantitative estimate of drug-likeness (QED) is 0.526. The van der Waals surface area contributed by atoms with Crippen LogP contribution in [0.3, 0.4) is 0 Å². The van der Waals surface area contributed by atoms with Crippen molar-refractivity contribution in [3.63, 3.8) is 0 Å². The predicted octanol–water partition coefficient (Wildman–Crippen LogP) is 5.24. The Morgan fingerprint density at radius 1 is 1.16 bits per heavy atom. The van der Waals surface area contributed by atoms with Crippen molar-refractivity contribution in [3.05, 3.63) is 67.5 Å². The van der Waals surface area contributed by atoms with Gasteiger partial charge in [0.05, 0.1) is 16.2 Å². The number of aliphatic imine (C=N–C) groups is 1. The summed E-state index contributed by atoms with van der Waals surface area (Å²) in [5.74, 6) is -0.643. The van der Waals surface area contributed by atoms with Gasteiger partial charge in [-0.05, 0) is 67.4 Å². The molecule has 158 valence electrons. The van der Waals surface area contributed by atoms with E-state index >= 15 is 0 Å². The average Bonchev–Trinajstić information content (AvgIpc) is 3.15. The molecule has 2 aromatic carbocycles. The van der Waals surface area contributed by atoms with Gasteiger partial charge in [-0.2, -0.15) is 4.99 Å². The fourth-order valence-electron chi connectivity index (χ4n) is 5.17. The normalized spacial score (nSPS) is 26.4. The Labute approximate surface area is 197 Å². The third-order valence-corrected chi connectivity index (χ3v) is 7.88. The number of carbonyl (C=O) groups excluding carboxylic acids is 2. The Hall–Kier alpha value is -2.09. The SMILES string of the molecule is CC1(c2ccc(Cl)cc2)CC(C)(C)N2C(=O)/C(=C3/SC(N)=NC3=O)c3cc(Br)cc1c32. The fraction of sp³-hybridized carbons (Fsp3) is 0.261. The maximum absolute atomic E-state index is 13.7. The highest BCUT2D eigenvalue weighted by Gasteiger charge is 2.53. The molecule has 0 aliphatic carbocycles. The van der Waals surface area contributed by atoms with Gasteiger partial charge >= 0.3 is 0 Å². The highest BCUT2D eigenvalue weighted by molar-refractivity contribution is 9.10. The van der Waals surface area contributed by atoms with E-state index in [0.717, 1.165) is 38.6 Å². The number of halogens is 2. The van der Waals surface area contributed by atoms with E-state index in [1.165, 1.54) is 0 Å². The minimum absolute atomic E-state index is 0.163. The lowest BCUT2D eigenvalue weighted by Gasteiger charge is -2.49. The van der Waals surface area contributed by atoms with Crippen molar-refractivity contribution in [2.45, 2.75) is 38.1 Å². The summed E-state index contributed by atoms with van der Waals surface area (Å²) >= 11 is 10.8. The van der Waals surface area contributed by atoms with Gasteiger partial charge in [-0.1, -0.05) is 46.6 Å². The van der Waals surface area contributed by atoms with Crippen molar-refractivity contribution >= 4 is 67.5 Å². The first-order valence-corrected chi connectivity index (χ1v) is 11.8. The first-order valence-electron chi connectivity index (χ1n) is 9.78. The number of rotatable bonds is 1. The minimum Gasteiger partial charge on any atom is -0.378 e. The predicted molar refractivity (Wildman–Crippen MR) is 129 cm³/mol. The van der Waals surface area contributed by atoms with E-state index in [4.69, 9.17) is 17.3 Å². The van der Waals surface area contributed by atoms with Crippen molar-refractivity contribution < 1.29 is 9.59 Å².